The predicted molar refractivity (Wildman–Crippen MR) is 95.7 cm³/mol. The van der Waals surface area contributed by atoms with Gasteiger partial charge in [-0.15, -0.1) is 0 Å². The lowest BCUT2D eigenvalue weighted by atomic mass is 9.64. The number of nitrogens with zero attached hydrogens (tertiary/aromatic N) is 1. The minimum Gasteiger partial charge on any atom is -0.426 e. The summed E-state index contributed by atoms with van der Waals surface area (Å²) in [6, 6.07) is 5.88. The van der Waals surface area contributed by atoms with Crippen LogP contribution in [-0.2, 0) is 21.4 Å². The summed E-state index contributed by atoms with van der Waals surface area (Å²) in [6.07, 6.45) is 4.27. The lowest BCUT2D eigenvalue weighted by Gasteiger charge is -2.48. The maximum Gasteiger partial charge on any atom is 0.313 e. The van der Waals surface area contributed by atoms with E-state index in [0.717, 1.165) is 37.4 Å². The normalized spacial score (nSPS) is 28.8. The number of Topliss-reactive ketones (excluding diaryl/α,β-unsaturated/α-hetero) is 1. The van der Waals surface area contributed by atoms with Crippen molar-refractivity contribution in [2.75, 3.05) is 13.1 Å². The second kappa shape index (κ2) is 5.94. The molecule has 1 saturated heterocycles. The molecule has 0 spiro atoms. The molecular weight excluding hydrogens is 314 g/mol. The molecule has 4 heteroatoms. The van der Waals surface area contributed by atoms with Gasteiger partial charge in [0.2, 0.25) is 0 Å². The number of carbonyl (C=O) groups excluding carboxylic acids is 2. The Balaban J connectivity index is 1.63. The molecule has 134 valence electrons. The van der Waals surface area contributed by atoms with Crippen molar-refractivity contribution >= 4 is 11.8 Å². The van der Waals surface area contributed by atoms with Crippen molar-refractivity contribution in [3.8, 4) is 5.75 Å². The summed E-state index contributed by atoms with van der Waals surface area (Å²) in [4.78, 5) is 27.5. The molecule has 1 heterocycles. The molecule has 1 aliphatic heterocycles. The Hall–Kier alpha value is -1.68. The second-order valence-electron chi connectivity index (χ2n) is 8.50. The number of ether oxygens (including phenoxy) is 1. The fraction of sp³-hybridized carbons (Fsp3) is 0.619. The van der Waals surface area contributed by atoms with Crippen LogP contribution in [0.15, 0.2) is 18.2 Å². The molecule has 0 amide bonds. The van der Waals surface area contributed by atoms with Gasteiger partial charge >= 0.3 is 5.97 Å². The molecule has 4 rings (SSSR count). The van der Waals surface area contributed by atoms with Crippen molar-refractivity contribution in [1.29, 1.82) is 0 Å². The fourth-order valence-electron chi connectivity index (χ4n) is 4.27. The number of fused-ring (bicyclic) bond motifs is 4. The lowest BCUT2D eigenvalue weighted by molar-refractivity contribution is -0.137. The third-order valence-electron chi connectivity index (χ3n) is 6.15. The highest BCUT2D eigenvalue weighted by Crippen LogP contribution is 2.44. The van der Waals surface area contributed by atoms with Gasteiger partial charge in [0.05, 0.1) is 17.4 Å². The van der Waals surface area contributed by atoms with Crippen LogP contribution in [0.25, 0.3) is 0 Å². The molecule has 4 nitrogen and oxygen atoms in total. The van der Waals surface area contributed by atoms with Crippen molar-refractivity contribution in [3.63, 3.8) is 0 Å². The van der Waals surface area contributed by atoms with Gasteiger partial charge in [-0.05, 0) is 61.8 Å². The van der Waals surface area contributed by atoms with Crippen molar-refractivity contribution in [2.24, 2.45) is 11.8 Å². The smallest absolute Gasteiger partial charge is 0.313 e. The van der Waals surface area contributed by atoms with Gasteiger partial charge < -0.3 is 4.74 Å². The lowest BCUT2D eigenvalue weighted by Crippen LogP contribution is -2.59. The van der Waals surface area contributed by atoms with E-state index < -0.39 is 5.41 Å². The molecule has 0 aromatic heterocycles. The zero-order chi connectivity index (χ0) is 17.8. The number of piperidine rings is 1. The van der Waals surface area contributed by atoms with Crippen LogP contribution in [0.5, 0.6) is 5.75 Å². The van der Waals surface area contributed by atoms with Crippen LogP contribution in [0.3, 0.4) is 0 Å². The number of hydrogen-bond donors (Lipinski definition) is 0. The number of carbonyl (C=O) groups is 2. The molecule has 1 saturated carbocycles. The standard InChI is InChI=1S/C21H27NO3/c1-13(2)20(24)25-16-7-6-15-10-18-19(23)21(3,17(15)11-16)8-9-22(18)12-14-4-5-14/h6-7,11,13-14,18H,4-5,8-10,12H2,1-3H3. The Morgan fingerprint density at radius 2 is 2.12 bits per heavy atom. The third-order valence-corrected chi connectivity index (χ3v) is 6.15. The van der Waals surface area contributed by atoms with Crippen molar-refractivity contribution in [1.82, 2.24) is 4.90 Å². The van der Waals surface area contributed by atoms with Crippen LogP contribution < -0.4 is 4.74 Å². The molecule has 2 unspecified atom stereocenters. The first kappa shape index (κ1) is 16.8. The molecule has 25 heavy (non-hydrogen) atoms. The van der Waals surface area contributed by atoms with Crippen LogP contribution in [0.1, 0.15) is 51.2 Å². The fourth-order valence-corrected chi connectivity index (χ4v) is 4.27. The molecule has 2 aliphatic carbocycles. The highest BCUT2D eigenvalue weighted by Gasteiger charge is 2.50. The Labute approximate surface area is 149 Å². The molecule has 2 atom stereocenters. The molecule has 1 aromatic rings. The number of benzene rings is 1. The largest absolute Gasteiger partial charge is 0.426 e. The predicted octanol–water partition coefficient (Wildman–Crippen LogP) is 3.12. The first-order valence-corrected chi connectivity index (χ1v) is 9.52. The van der Waals surface area contributed by atoms with Crippen LogP contribution in [0, 0.1) is 11.8 Å². The van der Waals surface area contributed by atoms with Gasteiger partial charge in [0.25, 0.3) is 0 Å². The molecule has 0 N–H and O–H groups in total. The number of ketones is 1. The van der Waals surface area contributed by atoms with Crippen molar-refractivity contribution in [3.05, 3.63) is 29.3 Å². The van der Waals surface area contributed by atoms with E-state index in [9.17, 15) is 9.59 Å². The molecular formula is C21H27NO3. The number of likely N-dealkylation sites (tertiary alicyclic amines) is 1. The van der Waals surface area contributed by atoms with Gasteiger partial charge in [-0.2, -0.15) is 0 Å². The van der Waals surface area contributed by atoms with E-state index in [4.69, 9.17) is 4.74 Å². The highest BCUT2D eigenvalue weighted by molar-refractivity contribution is 5.97. The molecule has 2 bridgehead atoms. The zero-order valence-corrected chi connectivity index (χ0v) is 15.4. The van der Waals surface area contributed by atoms with Crippen LogP contribution in [0.2, 0.25) is 0 Å². The highest BCUT2D eigenvalue weighted by atomic mass is 16.5. The van der Waals surface area contributed by atoms with E-state index in [0.29, 0.717) is 11.5 Å². The van der Waals surface area contributed by atoms with E-state index in [1.807, 2.05) is 26.0 Å². The minimum absolute atomic E-state index is 0.0240. The summed E-state index contributed by atoms with van der Waals surface area (Å²) < 4.78 is 5.48. The average Bonchev–Trinajstić information content (AvgIpc) is 3.38. The van der Waals surface area contributed by atoms with Crippen LogP contribution in [0.4, 0.5) is 0 Å². The van der Waals surface area contributed by atoms with Crippen LogP contribution in [-0.4, -0.2) is 35.8 Å². The quantitative estimate of drug-likeness (QED) is 0.624. The van der Waals surface area contributed by atoms with Gasteiger partial charge in [0, 0.05) is 13.1 Å². The molecule has 3 aliphatic rings. The van der Waals surface area contributed by atoms with E-state index in [2.05, 4.69) is 17.9 Å². The van der Waals surface area contributed by atoms with E-state index >= 15 is 0 Å². The molecule has 0 radical (unpaired) electrons. The molecule has 2 fully saturated rings. The summed E-state index contributed by atoms with van der Waals surface area (Å²) >= 11 is 0. The maximum absolute atomic E-state index is 13.2. The van der Waals surface area contributed by atoms with E-state index in [1.165, 1.54) is 18.4 Å². The summed E-state index contributed by atoms with van der Waals surface area (Å²) in [7, 11) is 0. The Morgan fingerprint density at radius 3 is 2.80 bits per heavy atom. The summed E-state index contributed by atoms with van der Waals surface area (Å²) in [6.45, 7) is 7.78. The van der Waals surface area contributed by atoms with E-state index in [1.54, 1.807) is 0 Å². The second-order valence-corrected chi connectivity index (χ2v) is 8.50. The molecule has 1 aromatic carbocycles. The Kier molecular flexibility index (Phi) is 3.99. The Morgan fingerprint density at radius 1 is 1.36 bits per heavy atom. The third kappa shape index (κ3) is 2.91. The van der Waals surface area contributed by atoms with Gasteiger partial charge in [0.1, 0.15) is 5.75 Å². The van der Waals surface area contributed by atoms with Gasteiger partial charge in [0.15, 0.2) is 5.78 Å². The SMILES string of the molecule is CC(C)C(=O)Oc1ccc2c(c1)C1(C)CCN(CC3CC3)C(C2)C1=O. The van der Waals surface area contributed by atoms with Crippen molar-refractivity contribution < 1.29 is 14.3 Å². The van der Waals surface area contributed by atoms with Gasteiger partial charge in [-0.1, -0.05) is 19.9 Å². The van der Waals surface area contributed by atoms with Gasteiger partial charge in [-0.25, -0.2) is 0 Å². The monoisotopic (exact) mass is 341 g/mol. The minimum atomic E-state index is -0.446. The maximum atomic E-state index is 13.2. The Bertz CT molecular complexity index is 722. The topological polar surface area (TPSA) is 46.6 Å². The van der Waals surface area contributed by atoms with Crippen molar-refractivity contribution in [2.45, 2.75) is 57.9 Å². The number of rotatable bonds is 4. The summed E-state index contributed by atoms with van der Waals surface area (Å²) in [5.74, 6) is 1.31. The first-order valence-electron chi connectivity index (χ1n) is 9.52. The number of esters is 1. The van der Waals surface area contributed by atoms with Gasteiger partial charge in [-0.3, -0.25) is 14.5 Å². The van der Waals surface area contributed by atoms with Crippen LogP contribution >= 0.6 is 0 Å². The average molecular weight is 341 g/mol. The summed E-state index contributed by atoms with van der Waals surface area (Å²) in [5.41, 5.74) is 1.85. The summed E-state index contributed by atoms with van der Waals surface area (Å²) in [5, 5.41) is 0. The first-order chi connectivity index (χ1) is 11.9. The number of hydrogen-bond acceptors (Lipinski definition) is 4. The zero-order valence-electron chi connectivity index (χ0n) is 15.4. The van der Waals surface area contributed by atoms with E-state index in [-0.39, 0.29) is 17.9 Å².